The molecule has 0 aromatic heterocycles. The summed E-state index contributed by atoms with van der Waals surface area (Å²) < 4.78 is 0.957. The van der Waals surface area contributed by atoms with Crippen molar-refractivity contribution in [2.45, 2.75) is 25.8 Å². The third kappa shape index (κ3) is 2.93. The third-order valence-corrected chi connectivity index (χ3v) is 4.04. The van der Waals surface area contributed by atoms with Gasteiger partial charge in [-0.15, -0.1) is 0 Å². The van der Waals surface area contributed by atoms with Crippen molar-refractivity contribution in [2.24, 2.45) is 0 Å². The molecule has 1 saturated heterocycles. The van der Waals surface area contributed by atoms with Gasteiger partial charge in [-0.3, -0.25) is 4.79 Å². The van der Waals surface area contributed by atoms with Crippen molar-refractivity contribution in [3.63, 3.8) is 0 Å². The summed E-state index contributed by atoms with van der Waals surface area (Å²) >= 11 is 3.43. The Morgan fingerprint density at radius 2 is 2.28 bits per heavy atom. The number of carbonyl (C=O) groups excluding carboxylic acids is 1. The molecule has 4 heteroatoms. The van der Waals surface area contributed by atoms with Crippen molar-refractivity contribution in [3.8, 4) is 0 Å². The summed E-state index contributed by atoms with van der Waals surface area (Å²) in [4.78, 5) is 14.5. The molecule has 18 heavy (non-hydrogen) atoms. The number of hydrogen-bond acceptors (Lipinski definition) is 2. The molecule has 3 nitrogen and oxygen atoms in total. The summed E-state index contributed by atoms with van der Waals surface area (Å²) in [5.41, 5.74) is 1.84. The Morgan fingerprint density at radius 3 is 3.00 bits per heavy atom. The first-order valence-electron chi connectivity index (χ1n) is 6.34. The van der Waals surface area contributed by atoms with Crippen LogP contribution in [-0.2, 0) is 0 Å². The van der Waals surface area contributed by atoms with Gasteiger partial charge in [0.1, 0.15) is 0 Å². The van der Waals surface area contributed by atoms with Crippen LogP contribution in [0.15, 0.2) is 22.7 Å². The van der Waals surface area contributed by atoms with Crippen LogP contribution in [0.4, 0.5) is 0 Å². The molecule has 1 amide bonds. The number of halogens is 1. The lowest BCUT2D eigenvalue weighted by Crippen LogP contribution is -2.47. The third-order valence-electron chi connectivity index (χ3n) is 3.55. The Kier molecular flexibility index (Phi) is 4.40. The number of carbonyl (C=O) groups is 1. The van der Waals surface area contributed by atoms with Crippen molar-refractivity contribution >= 4 is 21.8 Å². The molecule has 1 aromatic carbocycles. The van der Waals surface area contributed by atoms with E-state index >= 15 is 0 Å². The van der Waals surface area contributed by atoms with Crippen LogP contribution in [0.3, 0.4) is 0 Å². The van der Waals surface area contributed by atoms with Gasteiger partial charge in [-0.05, 0) is 44.5 Å². The van der Waals surface area contributed by atoms with Crippen LogP contribution in [0.1, 0.15) is 28.8 Å². The van der Waals surface area contributed by atoms with Crippen molar-refractivity contribution in [1.29, 1.82) is 0 Å². The number of hydrogen-bond donors (Lipinski definition) is 1. The lowest BCUT2D eigenvalue weighted by molar-refractivity contribution is 0.0697. The summed E-state index contributed by atoms with van der Waals surface area (Å²) in [5.74, 6) is 0.147. The predicted octanol–water partition coefficient (Wildman–Crippen LogP) is 2.58. The number of likely N-dealkylation sites (tertiary alicyclic amines) is 1. The Labute approximate surface area is 117 Å². The van der Waals surface area contributed by atoms with Crippen LogP contribution >= 0.6 is 15.9 Å². The molecule has 1 aliphatic heterocycles. The molecule has 0 spiro atoms. The molecule has 1 heterocycles. The molecule has 2 rings (SSSR count). The molecule has 98 valence electrons. The first kappa shape index (κ1) is 13.6. The number of benzene rings is 1. The minimum absolute atomic E-state index is 0.147. The molecule has 1 aliphatic rings. The molecule has 1 atom stereocenters. The Balaban J connectivity index is 2.17. The summed E-state index contributed by atoms with van der Waals surface area (Å²) in [6, 6.07) is 6.30. The van der Waals surface area contributed by atoms with Crippen LogP contribution in [0.25, 0.3) is 0 Å². The summed E-state index contributed by atoms with van der Waals surface area (Å²) in [7, 11) is 1.96. The van der Waals surface area contributed by atoms with E-state index in [4.69, 9.17) is 0 Å². The quantitative estimate of drug-likeness (QED) is 0.910. The fourth-order valence-corrected chi connectivity index (χ4v) is 2.75. The normalized spacial score (nSPS) is 19.9. The summed E-state index contributed by atoms with van der Waals surface area (Å²) in [6.45, 7) is 3.66. The molecule has 1 aromatic rings. The van der Waals surface area contributed by atoms with E-state index in [1.807, 2.05) is 37.1 Å². The zero-order valence-electron chi connectivity index (χ0n) is 10.9. The van der Waals surface area contributed by atoms with E-state index < -0.39 is 0 Å². The SMILES string of the molecule is CNC1CCCN(C(=O)c2cc(Br)ccc2C)C1. The van der Waals surface area contributed by atoms with Crippen LogP contribution < -0.4 is 5.32 Å². The van der Waals surface area contributed by atoms with Gasteiger partial charge in [-0.1, -0.05) is 22.0 Å². The van der Waals surface area contributed by atoms with Gasteiger partial charge in [0.15, 0.2) is 0 Å². The van der Waals surface area contributed by atoms with Gasteiger partial charge < -0.3 is 10.2 Å². The van der Waals surface area contributed by atoms with E-state index in [0.29, 0.717) is 6.04 Å². The van der Waals surface area contributed by atoms with Gasteiger partial charge in [-0.25, -0.2) is 0 Å². The van der Waals surface area contributed by atoms with E-state index in [1.54, 1.807) is 0 Å². The summed E-state index contributed by atoms with van der Waals surface area (Å²) in [5, 5.41) is 3.26. The smallest absolute Gasteiger partial charge is 0.254 e. The second-order valence-electron chi connectivity index (χ2n) is 4.84. The number of nitrogens with one attached hydrogen (secondary N) is 1. The first-order chi connectivity index (χ1) is 8.61. The molecular weight excluding hydrogens is 292 g/mol. The largest absolute Gasteiger partial charge is 0.337 e. The molecule has 1 N–H and O–H groups in total. The Morgan fingerprint density at radius 1 is 1.50 bits per heavy atom. The maximum absolute atomic E-state index is 12.5. The van der Waals surface area contributed by atoms with Crippen LogP contribution in [0.2, 0.25) is 0 Å². The molecule has 1 fully saturated rings. The molecule has 1 unspecified atom stereocenters. The van der Waals surface area contributed by atoms with Crippen molar-refractivity contribution < 1.29 is 4.79 Å². The minimum atomic E-state index is 0.147. The Bertz CT molecular complexity index is 447. The van der Waals surface area contributed by atoms with Crippen LogP contribution in [0.5, 0.6) is 0 Å². The van der Waals surface area contributed by atoms with Gasteiger partial charge in [0, 0.05) is 29.2 Å². The molecule has 0 bridgehead atoms. The lowest BCUT2D eigenvalue weighted by Gasteiger charge is -2.33. The predicted molar refractivity (Wildman–Crippen MR) is 76.9 cm³/mol. The van der Waals surface area contributed by atoms with E-state index in [0.717, 1.165) is 41.5 Å². The number of amides is 1. The molecule has 0 saturated carbocycles. The highest BCUT2D eigenvalue weighted by molar-refractivity contribution is 9.10. The lowest BCUT2D eigenvalue weighted by atomic mass is 10.0. The maximum atomic E-state index is 12.5. The highest BCUT2D eigenvalue weighted by atomic mass is 79.9. The first-order valence-corrected chi connectivity index (χ1v) is 7.14. The van der Waals surface area contributed by atoms with Gasteiger partial charge in [0.05, 0.1) is 0 Å². The molecule has 0 radical (unpaired) electrons. The van der Waals surface area contributed by atoms with Crippen molar-refractivity contribution in [2.75, 3.05) is 20.1 Å². The maximum Gasteiger partial charge on any atom is 0.254 e. The van der Waals surface area contributed by atoms with Gasteiger partial charge >= 0.3 is 0 Å². The van der Waals surface area contributed by atoms with Crippen molar-refractivity contribution in [1.82, 2.24) is 10.2 Å². The van der Waals surface area contributed by atoms with E-state index in [1.165, 1.54) is 0 Å². The number of nitrogens with zero attached hydrogens (tertiary/aromatic N) is 1. The minimum Gasteiger partial charge on any atom is -0.337 e. The van der Waals surface area contributed by atoms with Gasteiger partial charge in [-0.2, -0.15) is 0 Å². The second kappa shape index (κ2) is 5.85. The number of piperidine rings is 1. The Hall–Kier alpha value is -0.870. The van der Waals surface area contributed by atoms with E-state index in [-0.39, 0.29) is 5.91 Å². The van der Waals surface area contributed by atoms with Gasteiger partial charge in [0.2, 0.25) is 0 Å². The fourth-order valence-electron chi connectivity index (χ4n) is 2.39. The van der Waals surface area contributed by atoms with Crippen LogP contribution in [-0.4, -0.2) is 37.0 Å². The van der Waals surface area contributed by atoms with E-state index in [9.17, 15) is 4.79 Å². The topological polar surface area (TPSA) is 32.3 Å². The summed E-state index contributed by atoms with van der Waals surface area (Å²) in [6.07, 6.45) is 2.22. The average Bonchev–Trinajstić information content (AvgIpc) is 2.41. The fraction of sp³-hybridized carbons (Fsp3) is 0.500. The van der Waals surface area contributed by atoms with Gasteiger partial charge in [0.25, 0.3) is 5.91 Å². The second-order valence-corrected chi connectivity index (χ2v) is 5.75. The number of aryl methyl sites for hydroxylation is 1. The van der Waals surface area contributed by atoms with E-state index in [2.05, 4.69) is 21.2 Å². The zero-order chi connectivity index (χ0) is 13.1. The number of likely N-dealkylation sites (N-methyl/N-ethyl adjacent to an activating group) is 1. The van der Waals surface area contributed by atoms with Crippen molar-refractivity contribution in [3.05, 3.63) is 33.8 Å². The standard InChI is InChI=1S/C14H19BrN2O/c1-10-5-6-11(15)8-13(10)14(18)17-7-3-4-12(9-17)16-2/h5-6,8,12,16H,3-4,7,9H2,1-2H3. The number of rotatable bonds is 2. The average molecular weight is 311 g/mol. The zero-order valence-corrected chi connectivity index (χ0v) is 12.5. The highest BCUT2D eigenvalue weighted by Gasteiger charge is 2.24. The molecular formula is C14H19BrN2O. The molecule has 0 aliphatic carbocycles. The van der Waals surface area contributed by atoms with Crippen LogP contribution in [0, 0.1) is 6.92 Å². The monoisotopic (exact) mass is 310 g/mol. The highest BCUT2D eigenvalue weighted by Crippen LogP contribution is 2.20.